The molecule has 0 heterocycles. The second-order valence-electron chi connectivity index (χ2n) is 4.96. The Morgan fingerprint density at radius 2 is 1.32 bits per heavy atom. The van der Waals surface area contributed by atoms with Gasteiger partial charge in [0.2, 0.25) is 0 Å². The van der Waals surface area contributed by atoms with Crippen molar-refractivity contribution in [3.05, 3.63) is 68.8 Å². The maximum absolute atomic E-state index is 10.4. The molecule has 2 aromatic carbocycles. The van der Waals surface area contributed by atoms with Crippen molar-refractivity contribution in [3.63, 3.8) is 0 Å². The van der Waals surface area contributed by atoms with Crippen molar-refractivity contribution in [2.45, 2.75) is 27.7 Å². The molecule has 2 aromatic rings. The molecule has 2 rings (SSSR count). The van der Waals surface area contributed by atoms with Gasteiger partial charge in [0.05, 0.1) is 4.92 Å². The van der Waals surface area contributed by atoms with Gasteiger partial charge in [0.25, 0.3) is 5.69 Å². The standard InChI is InChI=1S/C8H9NO2.C8H11N.I3.I2/c1-6-3-4-7(2)8(5-6)9(10)11;1-6-3-4-7(2)8(9)5-6;1-3-2;1-2/h3-5H,1-2H3;3-5H,9H2,1-2H3;;/q;;-1;. The molecule has 0 aliphatic heterocycles. The molecule has 9 heteroatoms. The van der Waals surface area contributed by atoms with Gasteiger partial charge in [0.1, 0.15) is 0 Å². The molecule has 142 valence electrons. The molecule has 0 radical (unpaired) electrons. The average Bonchev–Trinajstić information content (AvgIpc) is 2.56. The van der Waals surface area contributed by atoms with Crippen LogP contribution in [0.2, 0.25) is 0 Å². The molecular formula is C16H20I5N2O2-. The Morgan fingerprint density at radius 3 is 1.64 bits per heavy atom. The molecule has 4 nitrogen and oxygen atoms in total. The number of nitrogens with zero attached hydrogens (tertiary/aromatic N) is 1. The second kappa shape index (κ2) is 17.4. The summed E-state index contributed by atoms with van der Waals surface area (Å²) in [6.45, 7) is 7.62. The molecule has 2 N–H and O–H groups in total. The fraction of sp³-hybridized carbons (Fsp3) is 0.250. The molecule has 0 saturated heterocycles. The van der Waals surface area contributed by atoms with E-state index in [0.29, 0.717) is 18.8 Å². The Bertz CT molecular complexity index is 654. The Morgan fingerprint density at radius 1 is 0.920 bits per heavy atom. The first-order chi connectivity index (χ1) is 11.7. The summed E-state index contributed by atoms with van der Waals surface area (Å²) in [6, 6.07) is 11.3. The van der Waals surface area contributed by atoms with E-state index < -0.39 is 0 Å². The van der Waals surface area contributed by atoms with Gasteiger partial charge in [0, 0.05) is 54.5 Å². The third kappa shape index (κ3) is 14.0. The Labute approximate surface area is 203 Å². The van der Waals surface area contributed by atoms with E-state index in [4.69, 9.17) is 5.73 Å². The van der Waals surface area contributed by atoms with Crippen molar-refractivity contribution in [2.75, 3.05) is 5.73 Å². The van der Waals surface area contributed by atoms with Crippen molar-refractivity contribution in [2.24, 2.45) is 0 Å². The summed E-state index contributed by atoms with van der Waals surface area (Å²) in [5.41, 5.74) is 10.7. The summed E-state index contributed by atoms with van der Waals surface area (Å²) in [5, 5.41) is 10.4. The van der Waals surface area contributed by atoms with E-state index in [-0.39, 0.29) is 10.6 Å². The first-order valence-corrected chi connectivity index (χ1v) is 25.6. The first-order valence-electron chi connectivity index (χ1n) is 6.78. The third-order valence-corrected chi connectivity index (χ3v) is 3.00. The Balaban J connectivity index is 0. The van der Waals surface area contributed by atoms with Gasteiger partial charge in [-0.1, -0.05) is 24.3 Å². The molecular weight excluding hydrogens is 887 g/mol. The minimum absolute atomic E-state index is 0.199. The van der Waals surface area contributed by atoms with Gasteiger partial charge in [-0.05, 0) is 50.5 Å². The van der Waals surface area contributed by atoms with Crippen LogP contribution >= 0.6 is 74.5 Å². The molecule has 0 saturated carbocycles. The second-order valence-corrected chi connectivity index (χ2v) is 21.2. The molecule has 0 aliphatic rings. The number of aryl methyl sites for hydroxylation is 4. The quantitative estimate of drug-likeness (QED) is 0.197. The number of benzene rings is 2. The molecule has 0 bridgehead atoms. The van der Waals surface area contributed by atoms with Crippen LogP contribution in [0.1, 0.15) is 22.3 Å². The van der Waals surface area contributed by atoms with Crippen molar-refractivity contribution in [1.29, 1.82) is 0 Å². The zero-order valence-corrected chi connectivity index (χ0v) is 25.0. The topological polar surface area (TPSA) is 69.2 Å². The van der Waals surface area contributed by atoms with Crippen LogP contribution in [0.15, 0.2) is 36.4 Å². The summed E-state index contributed by atoms with van der Waals surface area (Å²) >= 11 is 9.54. The number of nitro benzene ring substituents is 1. The van der Waals surface area contributed by atoms with Crippen LogP contribution in [0.3, 0.4) is 0 Å². The van der Waals surface area contributed by atoms with E-state index in [1.165, 1.54) is 5.56 Å². The SMILES string of the molecule is Cc1ccc(C)c(N)c1.Cc1ccc(C)c([N+](=O)[O-])c1.II.I[I-]I. The summed E-state index contributed by atoms with van der Waals surface area (Å²) in [6.07, 6.45) is 0. The van der Waals surface area contributed by atoms with Crippen LogP contribution in [0.25, 0.3) is 0 Å². The van der Waals surface area contributed by atoms with Gasteiger partial charge in [-0.3, -0.25) is 10.1 Å². The average molecular weight is 907 g/mol. The van der Waals surface area contributed by atoms with Gasteiger partial charge in [-0.2, -0.15) is 0 Å². The molecule has 0 fully saturated rings. The van der Waals surface area contributed by atoms with Crippen LogP contribution in [0.4, 0.5) is 11.4 Å². The molecule has 0 atom stereocenters. The van der Waals surface area contributed by atoms with Crippen LogP contribution in [-0.4, -0.2) is 4.92 Å². The number of anilines is 1. The molecule has 25 heavy (non-hydrogen) atoms. The fourth-order valence-electron chi connectivity index (χ4n) is 1.68. The van der Waals surface area contributed by atoms with Crippen molar-refractivity contribution >= 4 is 85.8 Å². The van der Waals surface area contributed by atoms with Gasteiger partial charge < -0.3 is 5.73 Å². The van der Waals surface area contributed by atoms with E-state index in [2.05, 4.69) is 80.5 Å². The van der Waals surface area contributed by atoms with Crippen molar-refractivity contribution in [3.8, 4) is 0 Å². The molecule has 0 spiro atoms. The number of nitrogens with two attached hydrogens (primary N) is 1. The van der Waals surface area contributed by atoms with E-state index in [1.54, 1.807) is 19.1 Å². The number of hydrogen-bond acceptors (Lipinski definition) is 3. The monoisotopic (exact) mass is 907 g/mol. The van der Waals surface area contributed by atoms with E-state index in [9.17, 15) is 10.1 Å². The normalized spacial score (nSPS) is 8.80. The third-order valence-electron chi connectivity index (χ3n) is 3.00. The van der Waals surface area contributed by atoms with Gasteiger partial charge >= 0.3 is 50.5 Å². The number of nitro groups is 1. The van der Waals surface area contributed by atoms with Crippen LogP contribution in [-0.2, 0) is 0 Å². The number of nitrogen functional groups attached to an aromatic ring is 1. The summed E-state index contributed by atoms with van der Waals surface area (Å²) in [7, 11) is 0. The van der Waals surface area contributed by atoms with Gasteiger partial charge in [0.15, 0.2) is 0 Å². The van der Waals surface area contributed by atoms with E-state index in [1.807, 2.05) is 39.0 Å². The van der Waals surface area contributed by atoms with Gasteiger partial charge in [-0.25, -0.2) is 0 Å². The number of halogens is 5. The van der Waals surface area contributed by atoms with Crippen molar-refractivity contribution < 1.29 is 18.2 Å². The van der Waals surface area contributed by atoms with E-state index in [0.717, 1.165) is 16.8 Å². The molecule has 0 aromatic heterocycles. The van der Waals surface area contributed by atoms with Crippen LogP contribution in [0.5, 0.6) is 0 Å². The molecule has 0 amide bonds. The van der Waals surface area contributed by atoms with E-state index >= 15 is 0 Å². The predicted octanol–water partition coefficient (Wildman–Crippen LogP) is 4.64. The van der Waals surface area contributed by atoms with Gasteiger partial charge in [-0.15, -0.1) is 0 Å². The fourth-order valence-corrected chi connectivity index (χ4v) is 1.68. The summed E-state index contributed by atoms with van der Waals surface area (Å²) in [5.74, 6) is 0. The Hall–Kier alpha value is 1.29. The first kappa shape index (κ1) is 28.5. The van der Waals surface area contributed by atoms with Crippen LogP contribution < -0.4 is 19.0 Å². The number of hydrogen-bond donors (Lipinski definition) is 1. The summed E-state index contributed by atoms with van der Waals surface area (Å²) in [4.78, 5) is 10.0. The molecule has 0 aliphatic carbocycles. The molecule has 0 unspecified atom stereocenters. The predicted molar refractivity (Wildman–Crippen MR) is 139 cm³/mol. The zero-order chi connectivity index (χ0) is 20.0. The Kier molecular flexibility index (Phi) is 19.8. The minimum atomic E-state index is -0.359. The summed E-state index contributed by atoms with van der Waals surface area (Å²) < 4.78 is 0. The van der Waals surface area contributed by atoms with Crippen LogP contribution in [0, 0.1) is 37.8 Å². The number of rotatable bonds is 1. The van der Waals surface area contributed by atoms with Crippen molar-refractivity contribution in [1.82, 2.24) is 0 Å². The zero-order valence-electron chi connectivity index (χ0n) is 14.2. The maximum atomic E-state index is 10.4.